The second kappa shape index (κ2) is 5.30. The summed E-state index contributed by atoms with van der Waals surface area (Å²) >= 11 is 1.26. The zero-order chi connectivity index (χ0) is 13.1. The topological polar surface area (TPSA) is 45.8 Å². The minimum Gasteiger partial charge on any atom is -0.301 e. The zero-order valence-electron chi connectivity index (χ0n) is 9.54. The average Bonchev–Trinajstić information content (AvgIpc) is 2.33. The highest BCUT2D eigenvalue weighted by Crippen LogP contribution is 2.16. The zero-order valence-corrected chi connectivity index (χ0v) is 10.4. The first-order valence-corrected chi connectivity index (χ1v) is 6.39. The monoisotopic (exact) mass is 268 g/mol. The Balaban J connectivity index is 2.40. The van der Waals surface area contributed by atoms with E-state index in [2.05, 4.69) is 9.97 Å². The van der Waals surface area contributed by atoms with Crippen LogP contribution in [0.15, 0.2) is 34.2 Å². The molecule has 0 saturated carbocycles. The second-order valence-corrected chi connectivity index (χ2v) is 4.42. The maximum Gasteiger partial charge on any atom is 0.251 e. The van der Waals surface area contributed by atoms with E-state index in [0.29, 0.717) is 10.9 Å². The molecule has 1 aromatic carbocycles. The molecule has 1 aromatic heterocycles. The molecule has 94 valence electrons. The van der Waals surface area contributed by atoms with Crippen molar-refractivity contribution in [3.05, 3.63) is 57.5 Å². The standard InChI is InChI=1S/C12H10F2N2OS/c1-18-12-15-7(6-11(17)16-12)5-8-9(13)3-2-4-10(8)14/h2-4,6H,5H2,1H3,(H,15,16,17). The average molecular weight is 268 g/mol. The van der Waals surface area contributed by atoms with Gasteiger partial charge in [0.1, 0.15) is 11.6 Å². The van der Waals surface area contributed by atoms with Gasteiger partial charge in [-0.1, -0.05) is 17.8 Å². The van der Waals surface area contributed by atoms with E-state index < -0.39 is 11.6 Å². The number of rotatable bonds is 3. The first-order valence-electron chi connectivity index (χ1n) is 5.17. The molecule has 0 fully saturated rings. The van der Waals surface area contributed by atoms with Crippen LogP contribution in [0.2, 0.25) is 0 Å². The molecule has 0 aliphatic carbocycles. The molecule has 6 heteroatoms. The summed E-state index contributed by atoms with van der Waals surface area (Å²) in [7, 11) is 0. The summed E-state index contributed by atoms with van der Waals surface area (Å²) in [5.41, 5.74) is -0.0733. The number of nitrogens with zero attached hydrogens (tertiary/aromatic N) is 1. The van der Waals surface area contributed by atoms with Gasteiger partial charge in [0.15, 0.2) is 5.16 Å². The van der Waals surface area contributed by atoms with Crippen LogP contribution in [-0.2, 0) is 6.42 Å². The number of aromatic amines is 1. The van der Waals surface area contributed by atoms with E-state index in [9.17, 15) is 13.6 Å². The van der Waals surface area contributed by atoms with Crippen molar-refractivity contribution < 1.29 is 8.78 Å². The molecule has 0 atom stereocenters. The lowest BCUT2D eigenvalue weighted by atomic mass is 10.1. The normalized spacial score (nSPS) is 10.6. The van der Waals surface area contributed by atoms with Gasteiger partial charge in [-0.05, 0) is 18.4 Å². The van der Waals surface area contributed by atoms with E-state index in [1.165, 1.54) is 36.0 Å². The Hall–Kier alpha value is -1.69. The molecule has 3 nitrogen and oxygen atoms in total. The summed E-state index contributed by atoms with van der Waals surface area (Å²) in [6, 6.07) is 4.90. The highest BCUT2D eigenvalue weighted by atomic mass is 32.2. The molecule has 0 aliphatic rings. The molecule has 0 spiro atoms. The number of hydrogen-bond acceptors (Lipinski definition) is 3. The van der Waals surface area contributed by atoms with Crippen molar-refractivity contribution in [2.75, 3.05) is 6.26 Å². The number of nitrogens with one attached hydrogen (secondary N) is 1. The maximum absolute atomic E-state index is 13.5. The van der Waals surface area contributed by atoms with Gasteiger partial charge in [0, 0.05) is 18.1 Å². The predicted octanol–water partition coefficient (Wildman–Crippen LogP) is 2.36. The third-order valence-electron chi connectivity index (χ3n) is 2.39. The van der Waals surface area contributed by atoms with E-state index in [1.54, 1.807) is 6.26 Å². The van der Waals surface area contributed by atoms with E-state index in [1.807, 2.05) is 0 Å². The lowest BCUT2D eigenvalue weighted by Gasteiger charge is -2.05. The highest BCUT2D eigenvalue weighted by molar-refractivity contribution is 7.98. The van der Waals surface area contributed by atoms with Crippen LogP contribution in [0.3, 0.4) is 0 Å². The van der Waals surface area contributed by atoms with Crippen LogP contribution < -0.4 is 5.56 Å². The van der Waals surface area contributed by atoms with Gasteiger partial charge in [0.05, 0.1) is 5.69 Å². The maximum atomic E-state index is 13.5. The summed E-state index contributed by atoms with van der Waals surface area (Å²) in [5, 5.41) is 0.425. The van der Waals surface area contributed by atoms with Crippen molar-refractivity contribution in [2.45, 2.75) is 11.6 Å². The molecule has 1 N–H and O–H groups in total. The van der Waals surface area contributed by atoms with Crippen LogP contribution in [0, 0.1) is 11.6 Å². The molecule has 0 radical (unpaired) electrons. The molecular formula is C12H10F2N2OS. The van der Waals surface area contributed by atoms with Crippen molar-refractivity contribution in [3.63, 3.8) is 0 Å². The van der Waals surface area contributed by atoms with E-state index in [-0.39, 0.29) is 17.5 Å². The Bertz CT molecular complexity index is 607. The molecule has 2 aromatic rings. The van der Waals surface area contributed by atoms with E-state index in [0.717, 1.165) is 0 Å². The van der Waals surface area contributed by atoms with Crippen molar-refractivity contribution in [1.82, 2.24) is 9.97 Å². The molecule has 0 unspecified atom stereocenters. The fourth-order valence-electron chi connectivity index (χ4n) is 1.55. The number of benzene rings is 1. The van der Waals surface area contributed by atoms with Crippen LogP contribution in [0.1, 0.15) is 11.3 Å². The summed E-state index contributed by atoms with van der Waals surface area (Å²) in [6.07, 6.45) is 1.71. The van der Waals surface area contributed by atoms with Gasteiger partial charge >= 0.3 is 0 Å². The molecule has 0 saturated heterocycles. The summed E-state index contributed by atoms with van der Waals surface area (Å²) < 4.78 is 26.9. The van der Waals surface area contributed by atoms with Crippen LogP contribution in [-0.4, -0.2) is 16.2 Å². The minimum atomic E-state index is -0.636. The lowest BCUT2D eigenvalue weighted by molar-refractivity contribution is 0.559. The predicted molar refractivity (Wildman–Crippen MR) is 65.8 cm³/mol. The second-order valence-electron chi connectivity index (χ2n) is 3.62. The van der Waals surface area contributed by atoms with Gasteiger partial charge in [-0.15, -0.1) is 0 Å². The fourth-order valence-corrected chi connectivity index (χ4v) is 1.96. The van der Waals surface area contributed by atoms with E-state index in [4.69, 9.17) is 0 Å². The van der Waals surface area contributed by atoms with Crippen molar-refractivity contribution >= 4 is 11.8 Å². The smallest absolute Gasteiger partial charge is 0.251 e. The Morgan fingerprint density at radius 3 is 2.61 bits per heavy atom. The van der Waals surface area contributed by atoms with Crippen molar-refractivity contribution in [2.24, 2.45) is 0 Å². The van der Waals surface area contributed by atoms with Crippen molar-refractivity contribution in [1.29, 1.82) is 0 Å². The van der Waals surface area contributed by atoms with Gasteiger partial charge in [-0.2, -0.15) is 0 Å². The number of halogens is 2. The van der Waals surface area contributed by atoms with Gasteiger partial charge in [0.25, 0.3) is 5.56 Å². The molecule has 18 heavy (non-hydrogen) atoms. The molecule has 0 amide bonds. The Morgan fingerprint density at radius 2 is 2.00 bits per heavy atom. The summed E-state index contributed by atoms with van der Waals surface area (Å²) in [6.45, 7) is 0. The third-order valence-corrected chi connectivity index (χ3v) is 2.97. The molecule has 2 rings (SSSR count). The molecule has 1 heterocycles. The number of hydrogen-bond donors (Lipinski definition) is 1. The first-order chi connectivity index (χ1) is 8.60. The first kappa shape index (κ1) is 12.8. The van der Waals surface area contributed by atoms with Gasteiger partial charge < -0.3 is 4.98 Å². The minimum absolute atomic E-state index is 0.0456. The summed E-state index contributed by atoms with van der Waals surface area (Å²) in [5.74, 6) is -1.27. The van der Waals surface area contributed by atoms with E-state index >= 15 is 0 Å². The summed E-state index contributed by atoms with van der Waals surface area (Å²) in [4.78, 5) is 18.0. The quantitative estimate of drug-likeness (QED) is 0.686. The van der Waals surface area contributed by atoms with Crippen molar-refractivity contribution in [3.8, 4) is 0 Å². The third kappa shape index (κ3) is 2.76. The highest BCUT2D eigenvalue weighted by Gasteiger charge is 2.11. The van der Waals surface area contributed by atoms with Gasteiger partial charge in [0.2, 0.25) is 0 Å². The number of aromatic nitrogens is 2. The van der Waals surface area contributed by atoms with Crippen LogP contribution in [0.4, 0.5) is 8.78 Å². The van der Waals surface area contributed by atoms with Crippen LogP contribution in [0.25, 0.3) is 0 Å². The number of thioether (sulfide) groups is 1. The van der Waals surface area contributed by atoms with Crippen LogP contribution >= 0.6 is 11.8 Å². The molecule has 0 bridgehead atoms. The van der Waals surface area contributed by atoms with Gasteiger partial charge in [-0.25, -0.2) is 13.8 Å². The SMILES string of the molecule is CSc1nc(Cc2c(F)cccc2F)cc(=O)[nH]1. The lowest BCUT2D eigenvalue weighted by Crippen LogP contribution is -2.11. The fraction of sp³-hybridized carbons (Fsp3) is 0.167. The van der Waals surface area contributed by atoms with Crippen LogP contribution in [0.5, 0.6) is 0 Å². The number of H-pyrrole nitrogens is 1. The Kier molecular flexibility index (Phi) is 3.76. The Morgan fingerprint density at radius 1 is 1.33 bits per heavy atom. The molecular weight excluding hydrogens is 258 g/mol. The molecule has 0 aliphatic heterocycles. The Labute approximate surface area is 106 Å². The largest absolute Gasteiger partial charge is 0.301 e. The van der Waals surface area contributed by atoms with Gasteiger partial charge in [-0.3, -0.25) is 4.79 Å².